The summed E-state index contributed by atoms with van der Waals surface area (Å²) in [5.74, 6) is -0.678. The number of aromatic amines is 1. The zero-order chi connectivity index (χ0) is 18.2. The van der Waals surface area contributed by atoms with E-state index in [2.05, 4.69) is 15.5 Å². The van der Waals surface area contributed by atoms with E-state index in [9.17, 15) is 17.6 Å². The number of hydrogen-bond acceptors (Lipinski definition) is 5. The number of anilines is 1. The molecule has 0 aliphatic carbocycles. The van der Waals surface area contributed by atoms with Crippen molar-refractivity contribution in [2.45, 2.75) is 26.1 Å². The number of halogens is 4. The highest BCUT2D eigenvalue weighted by Crippen LogP contribution is 2.38. The van der Waals surface area contributed by atoms with Crippen molar-refractivity contribution in [1.82, 2.24) is 15.5 Å². The van der Waals surface area contributed by atoms with Gasteiger partial charge in [-0.1, -0.05) is 0 Å². The van der Waals surface area contributed by atoms with E-state index in [1.165, 1.54) is 18.2 Å². The van der Waals surface area contributed by atoms with E-state index in [-0.39, 0.29) is 24.3 Å². The number of benzene rings is 1. The van der Waals surface area contributed by atoms with E-state index in [0.29, 0.717) is 5.52 Å². The maximum atomic E-state index is 13.8. The van der Waals surface area contributed by atoms with Gasteiger partial charge < -0.3 is 14.8 Å². The van der Waals surface area contributed by atoms with Crippen LogP contribution in [0.5, 0.6) is 0 Å². The number of aromatic nitrogens is 2. The van der Waals surface area contributed by atoms with Crippen LogP contribution in [0.4, 0.5) is 23.2 Å². The zero-order valence-corrected chi connectivity index (χ0v) is 13.4. The maximum Gasteiger partial charge on any atom is 0.432 e. The molecule has 0 radical (unpaired) electrons. The molecular weight excluding hydrogens is 344 g/mol. The average molecular weight is 360 g/mol. The van der Waals surface area contributed by atoms with Gasteiger partial charge in [0, 0.05) is 11.9 Å². The first-order valence-corrected chi connectivity index (χ1v) is 7.59. The summed E-state index contributed by atoms with van der Waals surface area (Å²) < 4.78 is 64.3. The molecule has 0 atom stereocenters. The van der Waals surface area contributed by atoms with Gasteiger partial charge in [-0.15, -0.1) is 0 Å². The summed E-state index contributed by atoms with van der Waals surface area (Å²) in [7, 11) is 0. The quantitative estimate of drug-likeness (QED) is 0.633. The predicted octanol–water partition coefficient (Wildman–Crippen LogP) is 3.20. The van der Waals surface area contributed by atoms with E-state index in [0.717, 1.165) is 11.1 Å². The maximum absolute atomic E-state index is 13.8. The Morgan fingerprint density at radius 3 is 2.48 bits per heavy atom. The third kappa shape index (κ3) is 3.02. The average Bonchev–Trinajstić information content (AvgIpc) is 3.09. The second-order valence-electron chi connectivity index (χ2n) is 5.22. The summed E-state index contributed by atoms with van der Waals surface area (Å²) >= 11 is 0. The summed E-state index contributed by atoms with van der Waals surface area (Å²) in [5.41, 5.74) is -0.421. The summed E-state index contributed by atoms with van der Waals surface area (Å²) in [6.45, 7) is 3.44. The van der Waals surface area contributed by atoms with E-state index >= 15 is 0 Å². The minimum atomic E-state index is -4.63. The van der Waals surface area contributed by atoms with Crippen LogP contribution in [0.25, 0.3) is 10.9 Å². The minimum absolute atomic E-state index is 0.0881. The fourth-order valence-corrected chi connectivity index (χ4v) is 2.63. The van der Waals surface area contributed by atoms with Gasteiger partial charge in [0.05, 0.1) is 24.1 Å². The van der Waals surface area contributed by atoms with Crippen LogP contribution in [-0.2, 0) is 9.47 Å². The number of nitrogens with zero attached hydrogens (tertiary/aromatic N) is 2. The molecule has 2 N–H and O–H groups in total. The van der Waals surface area contributed by atoms with Crippen molar-refractivity contribution >= 4 is 16.6 Å². The van der Waals surface area contributed by atoms with Crippen LogP contribution in [0, 0.1) is 5.95 Å². The van der Waals surface area contributed by atoms with E-state index in [4.69, 9.17) is 9.47 Å². The van der Waals surface area contributed by atoms with Crippen LogP contribution in [0.3, 0.4) is 0 Å². The number of ether oxygens (including phenoxy) is 2. The first-order chi connectivity index (χ1) is 11.8. The molecule has 1 aromatic carbocycles. The van der Waals surface area contributed by atoms with Crippen LogP contribution >= 0.6 is 0 Å². The monoisotopic (exact) mass is 360 g/mol. The topological polar surface area (TPSA) is 62.4 Å². The van der Waals surface area contributed by atoms with Crippen molar-refractivity contribution in [3.8, 4) is 0 Å². The van der Waals surface area contributed by atoms with Gasteiger partial charge in [0.25, 0.3) is 0 Å². The normalized spacial score (nSPS) is 17.0. The number of nitrogens with one attached hydrogen (secondary N) is 2. The number of allylic oxidation sites excluding steroid dienone is 1. The van der Waals surface area contributed by atoms with Crippen LogP contribution < -0.4 is 10.2 Å². The van der Waals surface area contributed by atoms with E-state index in [1.54, 1.807) is 13.8 Å². The predicted molar refractivity (Wildman–Crippen MR) is 81.8 cm³/mol. The lowest BCUT2D eigenvalue weighted by Gasteiger charge is -2.37. The Morgan fingerprint density at radius 2 is 1.88 bits per heavy atom. The number of rotatable bonds is 5. The van der Waals surface area contributed by atoms with Crippen LogP contribution in [-0.4, -0.2) is 35.6 Å². The Kier molecular flexibility index (Phi) is 4.33. The Morgan fingerprint density at radius 1 is 1.20 bits per heavy atom. The van der Waals surface area contributed by atoms with Crippen molar-refractivity contribution in [3.63, 3.8) is 0 Å². The molecule has 0 saturated carbocycles. The second kappa shape index (κ2) is 6.19. The second-order valence-corrected chi connectivity index (χ2v) is 5.22. The van der Waals surface area contributed by atoms with Crippen LogP contribution in [0.15, 0.2) is 30.1 Å². The Balaban J connectivity index is 2.11. The molecule has 1 aromatic heterocycles. The van der Waals surface area contributed by atoms with E-state index in [1.807, 2.05) is 0 Å². The van der Waals surface area contributed by atoms with Crippen molar-refractivity contribution in [2.24, 2.45) is 0 Å². The fraction of sp³-hybridized carbons (Fsp3) is 0.400. The Bertz CT molecular complexity index is 796. The summed E-state index contributed by atoms with van der Waals surface area (Å²) in [6, 6.07) is 2.50. The molecule has 0 unspecified atom stereocenters. The van der Waals surface area contributed by atoms with E-state index < -0.39 is 23.9 Å². The molecule has 0 spiro atoms. The molecule has 136 valence electrons. The molecule has 25 heavy (non-hydrogen) atoms. The van der Waals surface area contributed by atoms with Crippen LogP contribution in [0.2, 0.25) is 0 Å². The third-order valence-electron chi connectivity index (χ3n) is 3.62. The molecule has 10 heteroatoms. The largest absolute Gasteiger partial charge is 0.432 e. The molecule has 3 rings (SSSR count). The Labute approximate surface area is 140 Å². The van der Waals surface area contributed by atoms with Gasteiger partial charge in [-0.25, -0.2) is 0 Å². The number of fused-ring (bicyclic) bond motifs is 1. The standard InChI is InChI=1S/C15H16F4N4O2/c1-3-24-15(25-4-2)20-12(14(17,18)19)8-23(15)9-5-6-11-10(7-9)13(16)22-21-11/h5-8,20H,3-4H2,1-2H3,(H,21,22). The van der Waals surface area contributed by atoms with Crippen molar-refractivity contribution < 1.29 is 27.0 Å². The summed E-state index contributed by atoms with van der Waals surface area (Å²) in [5, 5.41) is 8.35. The zero-order valence-electron chi connectivity index (χ0n) is 13.4. The molecule has 0 saturated heterocycles. The van der Waals surface area contributed by atoms with Crippen molar-refractivity contribution in [3.05, 3.63) is 36.0 Å². The highest BCUT2D eigenvalue weighted by molar-refractivity contribution is 5.83. The molecule has 2 aromatic rings. The van der Waals surface area contributed by atoms with Crippen molar-refractivity contribution in [1.29, 1.82) is 0 Å². The molecule has 6 nitrogen and oxygen atoms in total. The van der Waals surface area contributed by atoms with Gasteiger partial charge in [0.15, 0.2) is 0 Å². The molecule has 1 aliphatic heterocycles. The molecule has 0 fully saturated rings. The lowest BCUT2D eigenvalue weighted by atomic mass is 10.2. The number of hydrogen-bond donors (Lipinski definition) is 2. The minimum Gasteiger partial charge on any atom is -0.315 e. The number of H-pyrrole nitrogens is 1. The van der Waals surface area contributed by atoms with Crippen LogP contribution in [0.1, 0.15) is 13.8 Å². The highest BCUT2D eigenvalue weighted by Gasteiger charge is 2.51. The van der Waals surface area contributed by atoms with Crippen molar-refractivity contribution in [2.75, 3.05) is 18.1 Å². The number of alkyl halides is 3. The van der Waals surface area contributed by atoms with Gasteiger partial charge in [0.2, 0.25) is 5.95 Å². The highest BCUT2D eigenvalue weighted by atomic mass is 19.4. The lowest BCUT2D eigenvalue weighted by Crippen LogP contribution is -2.57. The lowest BCUT2D eigenvalue weighted by molar-refractivity contribution is -0.243. The fourth-order valence-electron chi connectivity index (χ4n) is 2.63. The smallest absolute Gasteiger partial charge is 0.315 e. The SMILES string of the molecule is CCOC1(OCC)NC(C(F)(F)F)=CN1c1ccc2n[nH]c(F)c2c1. The van der Waals surface area contributed by atoms with Gasteiger partial charge in [-0.3, -0.25) is 10.00 Å². The van der Waals surface area contributed by atoms with Gasteiger partial charge in [-0.2, -0.15) is 22.7 Å². The molecule has 1 aliphatic rings. The van der Waals surface area contributed by atoms with Gasteiger partial charge in [-0.05, 0) is 32.0 Å². The Hall–Kier alpha value is -2.33. The first-order valence-electron chi connectivity index (χ1n) is 7.59. The summed E-state index contributed by atoms with van der Waals surface area (Å²) in [4.78, 5) is 1.15. The summed E-state index contributed by atoms with van der Waals surface area (Å²) in [6.07, 6.45) is -3.79. The molecular formula is C15H16F4N4O2. The molecule has 0 amide bonds. The van der Waals surface area contributed by atoms with Gasteiger partial charge in [0.1, 0.15) is 5.70 Å². The molecule has 2 heterocycles. The first kappa shape index (κ1) is 17.5. The third-order valence-corrected chi connectivity index (χ3v) is 3.62. The molecule has 0 bridgehead atoms. The van der Waals surface area contributed by atoms with Gasteiger partial charge >= 0.3 is 12.2 Å².